The molecule has 3 heteroatoms. The van der Waals surface area contributed by atoms with Gasteiger partial charge in [-0.3, -0.25) is 4.79 Å². The third kappa shape index (κ3) is 4.28. The van der Waals surface area contributed by atoms with Crippen molar-refractivity contribution in [3.8, 4) is 0 Å². The minimum absolute atomic E-state index is 0.384. The molecule has 2 fully saturated rings. The summed E-state index contributed by atoms with van der Waals surface area (Å²) in [4.78, 5) is 13.7. The highest BCUT2D eigenvalue weighted by Gasteiger charge is 2.33. The first-order chi connectivity index (χ1) is 8.97. The Morgan fingerprint density at radius 1 is 1.26 bits per heavy atom. The molecule has 0 aromatic carbocycles. The van der Waals surface area contributed by atoms with Crippen LogP contribution in [0, 0.1) is 17.3 Å². The van der Waals surface area contributed by atoms with Crippen LogP contribution in [0.25, 0.3) is 0 Å². The normalized spacial score (nSPS) is 27.1. The molecule has 2 rings (SSSR count). The van der Waals surface area contributed by atoms with Gasteiger partial charge in [0, 0.05) is 25.9 Å². The van der Waals surface area contributed by atoms with Crippen LogP contribution in [0.2, 0.25) is 0 Å². The number of nitrogens with zero attached hydrogens (tertiary/aromatic N) is 1. The Labute approximate surface area is 118 Å². The van der Waals surface area contributed by atoms with Gasteiger partial charge in [-0.1, -0.05) is 13.8 Å². The maximum absolute atomic E-state index is 11.2. The summed E-state index contributed by atoms with van der Waals surface area (Å²) in [5.41, 5.74) is 0.384. The van der Waals surface area contributed by atoms with Crippen LogP contribution in [0.4, 0.5) is 0 Å². The first kappa shape index (κ1) is 15.0. The largest absolute Gasteiger partial charge is 0.316 e. The third-order valence-electron chi connectivity index (χ3n) is 5.17. The van der Waals surface area contributed by atoms with Crippen molar-refractivity contribution in [3.05, 3.63) is 0 Å². The number of ketones is 1. The van der Waals surface area contributed by atoms with Crippen LogP contribution in [-0.2, 0) is 4.79 Å². The molecule has 1 atom stereocenters. The van der Waals surface area contributed by atoms with Gasteiger partial charge in [0.05, 0.1) is 0 Å². The van der Waals surface area contributed by atoms with Gasteiger partial charge in [-0.25, -0.2) is 0 Å². The van der Waals surface area contributed by atoms with Gasteiger partial charge in [-0.15, -0.1) is 0 Å². The van der Waals surface area contributed by atoms with E-state index >= 15 is 0 Å². The summed E-state index contributed by atoms with van der Waals surface area (Å²) in [7, 11) is 2.22. The average molecular weight is 266 g/mol. The molecule has 1 aliphatic carbocycles. The zero-order valence-corrected chi connectivity index (χ0v) is 12.9. The molecule has 0 aromatic heterocycles. The molecule has 0 bridgehead atoms. The first-order valence-electron chi connectivity index (χ1n) is 7.88. The second-order valence-electron chi connectivity index (χ2n) is 7.35. The molecule has 110 valence electrons. The van der Waals surface area contributed by atoms with Crippen LogP contribution in [0.3, 0.4) is 0 Å². The fourth-order valence-corrected chi connectivity index (χ4v) is 3.52. The molecule has 1 unspecified atom stereocenters. The van der Waals surface area contributed by atoms with Crippen LogP contribution in [0.5, 0.6) is 0 Å². The van der Waals surface area contributed by atoms with Crippen LogP contribution >= 0.6 is 0 Å². The van der Waals surface area contributed by atoms with Crippen molar-refractivity contribution in [2.24, 2.45) is 17.3 Å². The predicted octanol–water partition coefficient (Wildman–Crippen LogP) is 2.31. The van der Waals surface area contributed by atoms with Gasteiger partial charge < -0.3 is 10.2 Å². The maximum Gasteiger partial charge on any atom is 0.132 e. The zero-order chi connectivity index (χ0) is 13.9. The molecular weight excluding hydrogens is 236 g/mol. The highest BCUT2D eigenvalue weighted by atomic mass is 16.1. The molecule has 1 saturated heterocycles. The smallest absolute Gasteiger partial charge is 0.132 e. The summed E-state index contributed by atoms with van der Waals surface area (Å²) in [5, 5.41) is 3.67. The predicted molar refractivity (Wildman–Crippen MR) is 79.2 cm³/mol. The van der Waals surface area contributed by atoms with Crippen molar-refractivity contribution in [2.75, 3.05) is 33.2 Å². The number of rotatable bonds is 5. The monoisotopic (exact) mass is 266 g/mol. The van der Waals surface area contributed by atoms with E-state index in [9.17, 15) is 4.79 Å². The number of hydrogen-bond acceptors (Lipinski definition) is 3. The number of nitrogens with one attached hydrogen (secondary N) is 1. The van der Waals surface area contributed by atoms with E-state index in [2.05, 4.69) is 31.1 Å². The molecule has 0 amide bonds. The summed E-state index contributed by atoms with van der Waals surface area (Å²) in [5.74, 6) is 2.00. The Bertz CT molecular complexity index is 304. The summed E-state index contributed by atoms with van der Waals surface area (Å²) in [6, 6.07) is 0. The standard InChI is InChI=1S/C16H30N2O/c1-16(2,14-8-9-18(3)11-14)12-17-10-13-4-6-15(19)7-5-13/h13-14,17H,4-12H2,1-3H3. The lowest BCUT2D eigenvalue weighted by Gasteiger charge is -2.33. The lowest BCUT2D eigenvalue weighted by molar-refractivity contribution is -0.120. The average Bonchev–Trinajstić information content (AvgIpc) is 2.79. The summed E-state index contributed by atoms with van der Waals surface area (Å²) < 4.78 is 0. The maximum atomic E-state index is 11.2. The van der Waals surface area contributed by atoms with Gasteiger partial charge in [-0.05, 0) is 56.7 Å². The molecular formula is C16H30N2O. The van der Waals surface area contributed by atoms with Crippen molar-refractivity contribution >= 4 is 5.78 Å². The highest BCUT2D eigenvalue weighted by Crippen LogP contribution is 2.33. The minimum atomic E-state index is 0.384. The summed E-state index contributed by atoms with van der Waals surface area (Å²) in [6.45, 7) is 9.49. The molecule has 1 aliphatic heterocycles. The molecule has 0 aromatic rings. The molecule has 0 spiro atoms. The van der Waals surface area contributed by atoms with Crippen molar-refractivity contribution < 1.29 is 4.79 Å². The quantitative estimate of drug-likeness (QED) is 0.829. The molecule has 19 heavy (non-hydrogen) atoms. The second kappa shape index (κ2) is 6.36. The Morgan fingerprint density at radius 3 is 2.53 bits per heavy atom. The van der Waals surface area contributed by atoms with Crippen molar-refractivity contribution in [1.82, 2.24) is 10.2 Å². The molecule has 2 aliphatic rings. The number of likely N-dealkylation sites (tertiary alicyclic amines) is 1. The van der Waals surface area contributed by atoms with E-state index in [1.54, 1.807) is 0 Å². The summed E-state index contributed by atoms with van der Waals surface area (Å²) >= 11 is 0. The van der Waals surface area contributed by atoms with Gasteiger partial charge in [0.15, 0.2) is 0 Å². The van der Waals surface area contributed by atoms with Gasteiger partial charge in [0.2, 0.25) is 0 Å². The van der Waals surface area contributed by atoms with E-state index in [0.717, 1.165) is 50.6 Å². The van der Waals surface area contributed by atoms with Crippen LogP contribution in [-0.4, -0.2) is 43.9 Å². The molecule has 1 saturated carbocycles. The minimum Gasteiger partial charge on any atom is -0.316 e. The van der Waals surface area contributed by atoms with E-state index in [0.29, 0.717) is 11.2 Å². The van der Waals surface area contributed by atoms with Gasteiger partial charge in [0.25, 0.3) is 0 Å². The number of Topliss-reactive ketones (excluding diaryl/α,β-unsaturated/α-hetero) is 1. The molecule has 3 nitrogen and oxygen atoms in total. The van der Waals surface area contributed by atoms with Crippen molar-refractivity contribution in [3.63, 3.8) is 0 Å². The zero-order valence-electron chi connectivity index (χ0n) is 12.9. The number of carbonyl (C=O) groups excluding carboxylic acids is 1. The van der Waals surface area contributed by atoms with Crippen LogP contribution in [0.15, 0.2) is 0 Å². The SMILES string of the molecule is CN1CCC(C(C)(C)CNCC2CCC(=O)CC2)C1. The Balaban J connectivity index is 1.68. The Morgan fingerprint density at radius 2 is 1.95 bits per heavy atom. The van der Waals surface area contributed by atoms with E-state index in [1.807, 2.05) is 0 Å². The molecule has 1 N–H and O–H groups in total. The third-order valence-corrected chi connectivity index (χ3v) is 5.17. The van der Waals surface area contributed by atoms with E-state index < -0.39 is 0 Å². The van der Waals surface area contributed by atoms with Crippen LogP contribution in [0.1, 0.15) is 46.0 Å². The van der Waals surface area contributed by atoms with Gasteiger partial charge in [0.1, 0.15) is 5.78 Å². The Hall–Kier alpha value is -0.410. The Kier molecular flexibility index (Phi) is 5.02. The second-order valence-corrected chi connectivity index (χ2v) is 7.35. The lowest BCUT2D eigenvalue weighted by Crippen LogP contribution is -2.39. The van der Waals surface area contributed by atoms with Gasteiger partial charge >= 0.3 is 0 Å². The van der Waals surface area contributed by atoms with Gasteiger partial charge in [-0.2, -0.15) is 0 Å². The fraction of sp³-hybridized carbons (Fsp3) is 0.938. The van der Waals surface area contributed by atoms with E-state index in [-0.39, 0.29) is 0 Å². The van der Waals surface area contributed by atoms with Crippen molar-refractivity contribution in [2.45, 2.75) is 46.0 Å². The fourth-order valence-electron chi connectivity index (χ4n) is 3.52. The highest BCUT2D eigenvalue weighted by molar-refractivity contribution is 5.79. The van der Waals surface area contributed by atoms with Crippen LogP contribution < -0.4 is 5.32 Å². The van der Waals surface area contributed by atoms with E-state index in [4.69, 9.17) is 0 Å². The summed E-state index contributed by atoms with van der Waals surface area (Å²) in [6.07, 6.45) is 5.15. The molecule has 1 heterocycles. The van der Waals surface area contributed by atoms with Crippen molar-refractivity contribution in [1.29, 1.82) is 0 Å². The lowest BCUT2D eigenvalue weighted by atomic mass is 9.78. The molecule has 0 radical (unpaired) electrons. The first-order valence-corrected chi connectivity index (χ1v) is 7.88. The topological polar surface area (TPSA) is 32.3 Å². The number of hydrogen-bond donors (Lipinski definition) is 1. The number of carbonyl (C=O) groups is 1. The van der Waals surface area contributed by atoms with E-state index in [1.165, 1.54) is 19.5 Å².